The minimum atomic E-state index is -3.99. The molecule has 0 aliphatic carbocycles. The summed E-state index contributed by atoms with van der Waals surface area (Å²) < 4.78 is 28.3. The normalized spacial score (nSPS) is 16.5. The predicted molar refractivity (Wildman–Crippen MR) is 85.4 cm³/mol. The molecule has 1 saturated heterocycles. The molecule has 0 aromatic heterocycles. The van der Waals surface area contributed by atoms with Gasteiger partial charge in [-0.05, 0) is 25.1 Å². The minimum absolute atomic E-state index is 0.0523. The zero-order chi connectivity index (χ0) is 17.9. The minimum Gasteiger partial charge on any atom is -0.480 e. The number of carbonyl (C=O) groups is 2. The van der Waals surface area contributed by atoms with E-state index in [1.807, 2.05) is 4.90 Å². The number of hydrogen-bond donors (Lipinski definition) is 3. The molecule has 0 spiro atoms. The van der Waals surface area contributed by atoms with Gasteiger partial charge in [0.15, 0.2) is 0 Å². The smallest absolute Gasteiger partial charge is 0.325 e. The van der Waals surface area contributed by atoms with Crippen molar-refractivity contribution in [2.45, 2.75) is 17.9 Å². The molecule has 10 heteroatoms. The number of anilines is 1. The first kappa shape index (κ1) is 18.2. The largest absolute Gasteiger partial charge is 0.480 e. The molecular weight excluding hydrogens is 338 g/mol. The summed E-state index contributed by atoms with van der Waals surface area (Å²) in [5, 5.41) is 16.4. The van der Waals surface area contributed by atoms with Gasteiger partial charge in [-0.25, -0.2) is 13.6 Å². The van der Waals surface area contributed by atoms with Crippen molar-refractivity contribution in [3.63, 3.8) is 0 Å². The number of nitrogens with one attached hydrogen (secondary N) is 1. The monoisotopic (exact) mass is 357 g/mol. The van der Waals surface area contributed by atoms with E-state index in [-0.39, 0.29) is 10.5 Å². The van der Waals surface area contributed by atoms with E-state index < -0.39 is 27.9 Å². The molecule has 1 aromatic rings. The van der Waals surface area contributed by atoms with Gasteiger partial charge < -0.3 is 20.1 Å². The van der Waals surface area contributed by atoms with Crippen molar-refractivity contribution in [2.75, 3.05) is 31.2 Å². The number of nitrogens with two attached hydrogens (primary N) is 1. The van der Waals surface area contributed by atoms with Gasteiger partial charge in [0.05, 0.1) is 23.7 Å². The maximum Gasteiger partial charge on any atom is 0.325 e. The summed E-state index contributed by atoms with van der Waals surface area (Å²) in [7, 11) is -3.99. The molecule has 1 aromatic carbocycles. The topological polar surface area (TPSA) is 139 Å². The number of amides is 1. The van der Waals surface area contributed by atoms with Gasteiger partial charge in [-0.3, -0.25) is 9.59 Å². The first-order chi connectivity index (χ1) is 11.2. The van der Waals surface area contributed by atoms with E-state index in [0.717, 1.165) is 6.07 Å². The third-order valence-corrected chi connectivity index (χ3v) is 4.52. The van der Waals surface area contributed by atoms with Gasteiger partial charge in [-0.1, -0.05) is 0 Å². The van der Waals surface area contributed by atoms with E-state index >= 15 is 0 Å². The number of benzene rings is 1. The number of carboxylic acids is 1. The molecule has 1 aliphatic rings. The number of ether oxygens (including phenoxy) is 1. The molecule has 2 rings (SSSR count). The highest BCUT2D eigenvalue weighted by Gasteiger charge is 2.23. The molecule has 132 valence electrons. The van der Waals surface area contributed by atoms with Gasteiger partial charge in [-0.15, -0.1) is 0 Å². The Balaban J connectivity index is 2.43. The lowest BCUT2D eigenvalue weighted by Crippen LogP contribution is -2.41. The zero-order valence-electron chi connectivity index (χ0n) is 13.1. The second kappa shape index (κ2) is 7.16. The number of aliphatic carboxylic acids is 1. The first-order valence-corrected chi connectivity index (χ1v) is 8.78. The Bertz CT molecular complexity index is 743. The molecule has 0 bridgehead atoms. The quantitative estimate of drug-likeness (QED) is 0.638. The van der Waals surface area contributed by atoms with Crippen molar-refractivity contribution in [3.05, 3.63) is 23.8 Å². The Hall–Kier alpha value is -2.17. The fourth-order valence-electron chi connectivity index (χ4n) is 2.29. The standard InChI is InChI=1S/C14H19N3O6S/c1-9(14(19)20)16-13(18)11-8-10(24(15,21)22)2-3-12(11)17-4-6-23-7-5-17/h2-3,8-9H,4-7H2,1H3,(H,16,18)(H,19,20)(H2,15,21,22)/t9-/m0/s1. The molecule has 1 heterocycles. The number of morpholine rings is 1. The summed E-state index contributed by atoms with van der Waals surface area (Å²) in [6, 6.07) is 2.85. The van der Waals surface area contributed by atoms with Crippen molar-refractivity contribution in [1.29, 1.82) is 0 Å². The average molecular weight is 357 g/mol. The van der Waals surface area contributed by atoms with E-state index in [4.69, 9.17) is 15.0 Å². The summed E-state index contributed by atoms with van der Waals surface area (Å²) in [6.45, 7) is 3.33. The lowest BCUT2D eigenvalue weighted by atomic mass is 10.1. The van der Waals surface area contributed by atoms with Crippen LogP contribution in [0.2, 0.25) is 0 Å². The zero-order valence-corrected chi connectivity index (χ0v) is 13.9. The van der Waals surface area contributed by atoms with Crippen molar-refractivity contribution in [2.24, 2.45) is 5.14 Å². The van der Waals surface area contributed by atoms with E-state index in [2.05, 4.69) is 5.32 Å². The number of rotatable bonds is 5. The van der Waals surface area contributed by atoms with Crippen LogP contribution < -0.4 is 15.4 Å². The Labute approximate surface area is 139 Å². The van der Waals surface area contributed by atoms with Gasteiger partial charge in [0.25, 0.3) is 5.91 Å². The number of nitrogens with zero attached hydrogens (tertiary/aromatic N) is 1. The summed E-state index contributed by atoms with van der Waals surface area (Å²) in [6.07, 6.45) is 0. The van der Waals surface area contributed by atoms with Crippen LogP contribution in [-0.2, 0) is 19.6 Å². The van der Waals surface area contributed by atoms with Crippen LogP contribution in [0, 0.1) is 0 Å². The van der Waals surface area contributed by atoms with Gasteiger partial charge >= 0.3 is 5.97 Å². The number of sulfonamides is 1. The highest BCUT2D eigenvalue weighted by Crippen LogP contribution is 2.25. The summed E-state index contributed by atoms with van der Waals surface area (Å²) in [5.41, 5.74) is 0.553. The molecular formula is C14H19N3O6S. The van der Waals surface area contributed by atoms with Crippen LogP contribution in [0.25, 0.3) is 0 Å². The molecule has 0 unspecified atom stereocenters. The van der Waals surface area contributed by atoms with Crippen LogP contribution in [0.1, 0.15) is 17.3 Å². The number of carboxylic acid groups (broad SMARTS) is 1. The third-order valence-electron chi connectivity index (χ3n) is 3.61. The van der Waals surface area contributed by atoms with Gasteiger partial charge in [0.2, 0.25) is 10.0 Å². The second-order valence-corrected chi connectivity index (χ2v) is 6.92. The van der Waals surface area contributed by atoms with Crippen LogP contribution in [0.4, 0.5) is 5.69 Å². The van der Waals surface area contributed by atoms with Gasteiger partial charge in [0, 0.05) is 18.8 Å². The molecule has 1 atom stereocenters. The van der Waals surface area contributed by atoms with Crippen molar-refractivity contribution >= 4 is 27.6 Å². The van der Waals surface area contributed by atoms with Gasteiger partial charge in [0.1, 0.15) is 6.04 Å². The summed E-state index contributed by atoms with van der Waals surface area (Å²) in [4.78, 5) is 25.0. The Morgan fingerprint density at radius 1 is 1.33 bits per heavy atom. The molecule has 9 nitrogen and oxygen atoms in total. The Kier molecular flexibility index (Phi) is 5.42. The Morgan fingerprint density at radius 3 is 2.50 bits per heavy atom. The van der Waals surface area contributed by atoms with Crippen LogP contribution >= 0.6 is 0 Å². The van der Waals surface area contributed by atoms with E-state index in [0.29, 0.717) is 32.0 Å². The number of primary sulfonamides is 1. The number of hydrogen-bond acceptors (Lipinski definition) is 6. The van der Waals surface area contributed by atoms with Crippen LogP contribution in [0.3, 0.4) is 0 Å². The highest BCUT2D eigenvalue weighted by molar-refractivity contribution is 7.89. The predicted octanol–water partition coefficient (Wildman–Crippen LogP) is -0.626. The van der Waals surface area contributed by atoms with Crippen LogP contribution in [-0.4, -0.2) is 57.7 Å². The van der Waals surface area contributed by atoms with Crippen molar-refractivity contribution in [1.82, 2.24) is 5.32 Å². The highest BCUT2D eigenvalue weighted by atomic mass is 32.2. The SMILES string of the molecule is C[C@H](NC(=O)c1cc(S(N)(=O)=O)ccc1N1CCOCC1)C(=O)O. The number of carbonyl (C=O) groups excluding carboxylic acids is 1. The summed E-state index contributed by atoms with van der Waals surface area (Å²) in [5.74, 6) is -1.88. The molecule has 24 heavy (non-hydrogen) atoms. The fraction of sp³-hybridized carbons (Fsp3) is 0.429. The Morgan fingerprint density at radius 2 is 1.96 bits per heavy atom. The maximum absolute atomic E-state index is 12.4. The van der Waals surface area contributed by atoms with Gasteiger partial charge in [-0.2, -0.15) is 0 Å². The molecule has 1 aliphatic heterocycles. The molecule has 1 fully saturated rings. The summed E-state index contributed by atoms with van der Waals surface area (Å²) >= 11 is 0. The van der Waals surface area contributed by atoms with Crippen LogP contribution in [0.5, 0.6) is 0 Å². The lowest BCUT2D eigenvalue weighted by molar-refractivity contribution is -0.138. The van der Waals surface area contributed by atoms with Crippen molar-refractivity contribution in [3.8, 4) is 0 Å². The molecule has 1 amide bonds. The first-order valence-electron chi connectivity index (χ1n) is 7.23. The molecule has 4 N–H and O–H groups in total. The van der Waals surface area contributed by atoms with Crippen molar-refractivity contribution < 1.29 is 27.9 Å². The lowest BCUT2D eigenvalue weighted by Gasteiger charge is -2.30. The van der Waals surface area contributed by atoms with E-state index in [9.17, 15) is 18.0 Å². The van der Waals surface area contributed by atoms with Crippen LogP contribution in [0.15, 0.2) is 23.1 Å². The second-order valence-electron chi connectivity index (χ2n) is 5.36. The van der Waals surface area contributed by atoms with E-state index in [1.54, 1.807) is 0 Å². The molecule has 0 radical (unpaired) electrons. The fourth-order valence-corrected chi connectivity index (χ4v) is 2.83. The average Bonchev–Trinajstić information content (AvgIpc) is 2.54. The maximum atomic E-state index is 12.4. The third kappa shape index (κ3) is 4.22. The molecule has 0 saturated carbocycles. The van der Waals surface area contributed by atoms with E-state index in [1.165, 1.54) is 19.1 Å².